The Morgan fingerprint density at radius 2 is 2.14 bits per heavy atom. The number of hydrogen-bond donors (Lipinski definition) is 1. The minimum atomic E-state index is 0.511. The Balaban J connectivity index is 2.03. The lowest BCUT2D eigenvalue weighted by Gasteiger charge is -2.42. The molecule has 1 aliphatic rings. The van der Waals surface area contributed by atoms with Crippen LogP contribution in [0.3, 0.4) is 0 Å². The normalized spacial score (nSPS) is 26.0. The molecular formula is C16H22N4S. The predicted octanol–water partition coefficient (Wildman–Crippen LogP) is 3.66. The Bertz CT molecular complexity index is 610. The molecule has 0 aliphatic carbocycles. The van der Waals surface area contributed by atoms with E-state index < -0.39 is 0 Å². The van der Waals surface area contributed by atoms with E-state index >= 15 is 0 Å². The fourth-order valence-corrected chi connectivity index (χ4v) is 4.19. The van der Waals surface area contributed by atoms with Gasteiger partial charge in [0.1, 0.15) is 10.8 Å². The highest BCUT2D eigenvalue weighted by Gasteiger charge is 2.32. The molecule has 0 radical (unpaired) electrons. The molecule has 2 aromatic rings. The highest BCUT2D eigenvalue weighted by molar-refractivity contribution is 7.11. The molecule has 1 aliphatic heterocycles. The van der Waals surface area contributed by atoms with Crippen molar-refractivity contribution in [3.05, 3.63) is 24.5 Å². The molecule has 2 N–H and O–H groups in total. The van der Waals surface area contributed by atoms with Gasteiger partial charge in [-0.05, 0) is 42.8 Å². The van der Waals surface area contributed by atoms with Crippen molar-refractivity contribution in [2.45, 2.75) is 33.2 Å². The maximum Gasteiger partial charge on any atom is 0.147 e. The van der Waals surface area contributed by atoms with Crippen LogP contribution in [0.1, 0.15) is 27.2 Å². The van der Waals surface area contributed by atoms with Gasteiger partial charge in [-0.15, -0.1) is 0 Å². The summed E-state index contributed by atoms with van der Waals surface area (Å²) in [5.74, 6) is 1.99. The minimum absolute atomic E-state index is 0.511. The molecule has 112 valence electrons. The van der Waals surface area contributed by atoms with Gasteiger partial charge in [-0.25, -0.2) is 0 Å². The van der Waals surface area contributed by atoms with Crippen LogP contribution in [0, 0.1) is 11.8 Å². The molecular weight excluding hydrogens is 280 g/mol. The number of nitrogen functional groups attached to an aromatic ring is 1. The minimum Gasteiger partial charge on any atom is -0.382 e. The maximum atomic E-state index is 6.14. The molecule has 0 aromatic carbocycles. The average Bonchev–Trinajstić information content (AvgIpc) is 2.85. The van der Waals surface area contributed by atoms with Crippen molar-refractivity contribution in [1.29, 1.82) is 0 Å². The van der Waals surface area contributed by atoms with Crippen LogP contribution < -0.4 is 10.6 Å². The van der Waals surface area contributed by atoms with E-state index in [0.717, 1.165) is 17.7 Å². The third kappa shape index (κ3) is 2.62. The molecule has 3 unspecified atom stereocenters. The summed E-state index contributed by atoms with van der Waals surface area (Å²) in [6.45, 7) is 8.03. The number of anilines is 2. The molecule has 3 atom stereocenters. The summed E-state index contributed by atoms with van der Waals surface area (Å²) in [6, 6.07) is 4.51. The third-order valence-corrected chi connectivity index (χ3v) is 5.41. The Kier molecular flexibility index (Phi) is 3.85. The van der Waals surface area contributed by atoms with E-state index in [1.807, 2.05) is 12.3 Å². The molecule has 0 bridgehead atoms. The van der Waals surface area contributed by atoms with Gasteiger partial charge in [0.05, 0.1) is 5.56 Å². The van der Waals surface area contributed by atoms with E-state index in [1.165, 1.54) is 23.0 Å². The van der Waals surface area contributed by atoms with Crippen molar-refractivity contribution in [3.63, 3.8) is 0 Å². The zero-order chi connectivity index (χ0) is 15.0. The summed E-state index contributed by atoms with van der Waals surface area (Å²) in [4.78, 5) is 6.70. The number of nitrogens with zero attached hydrogens (tertiary/aromatic N) is 3. The van der Waals surface area contributed by atoms with Crippen LogP contribution >= 0.6 is 11.5 Å². The van der Waals surface area contributed by atoms with Crippen LogP contribution in [-0.4, -0.2) is 21.9 Å². The van der Waals surface area contributed by atoms with Crippen LogP contribution in [0.15, 0.2) is 24.5 Å². The zero-order valence-electron chi connectivity index (χ0n) is 12.8. The molecule has 2 aromatic heterocycles. The quantitative estimate of drug-likeness (QED) is 0.920. The second-order valence-corrected chi connectivity index (χ2v) is 6.95. The molecule has 0 amide bonds. The van der Waals surface area contributed by atoms with Gasteiger partial charge in [0, 0.05) is 30.5 Å². The van der Waals surface area contributed by atoms with Crippen LogP contribution in [-0.2, 0) is 0 Å². The summed E-state index contributed by atoms with van der Waals surface area (Å²) in [7, 11) is 0. The van der Waals surface area contributed by atoms with Crippen molar-refractivity contribution in [3.8, 4) is 11.1 Å². The Hall–Kier alpha value is -1.62. The molecule has 0 spiro atoms. The number of hydrogen-bond acceptors (Lipinski definition) is 5. The SMILES string of the molecule is CC1CC(C)C(C)N(c2snc(N)c2-c2cccnc2)C1. The fraction of sp³-hybridized carbons (Fsp3) is 0.500. The molecule has 21 heavy (non-hydrogen) atoms. The maximum absolute atomic E-state index is 6.14. The molecule has 4 nitrogen and oxygen atoms in total. The van der Waals surface area contributed by atoms with Gasteiger partial charge in [-0.2, -0.15) is 4.37 Å². The molecule has 3 rings (SSSR count). The number of nitrogens with two attached hydrogens (primary N) is 1. The van der Waals surface area contributed by atoms with E-state index in [2.05, 4.69) is 41.1 Å². The first-order valence-electron chi connectivity index (χ1n) is 7.50. The van der Waals surface area contributed by atoms with Gasteiger partial charge in [-0.3, -0.25) is 4.98 Å². The standard InChI is InChI=1S/C16H22N4S/c1-10-7-11(2)12(3)20(9-10)16-14(15(17)19-21-16)13-5-4-6-18-8-13/h4-6,8,10-12H,7,9H2,1-3H3,(H2,17,19). The van der Waals surface area contributed by atoms with Gasteiger partial charge in [0.25, 0.3) is 0 Å². The average molecular weight is 302 g/mol. The fourth-order valence-electron chi connectivity index (χ4n) is 3.25. The molecule has 5 heteroatoms. The first kappa shape index (κ1) is 14.3. The molecule has 1 saturated heterocycles. The molecule has 3 heterocycles. The zero-order valence-corrected chi connectivity index (χ0v) is 13.6. The van der Waals surface area contributed by atoms with E-state index in [9.17, 15) is 0 Å². The Labute approximate surface area is 130 Å². The van der Waals surface area contributed by atoms with Crippen molar-refractivity contribution in [2.24, 2.45) is 11.8 Å². The van der Waals surface area contributed by atoms with Gasteiger partial charge < -0.3 is 10.6 Å². The van der Waals surface area contributed by atoms with Gasteiger partial charge in [0.2, 0.25) is 0 Å². The van der Waals surface area contributed by atoms with E-state index in [1.54, 1.807) is 6.20 Å². The first-order valence-corrected chi connectivity index (χ1v) is 8.27. The number of rotatable bonds is 2. The molecule has 0 saturated carbocycles. The van der Waals surface area contributed by atoms with Gasteiger partial charge in [-0.1, -0.05) is 19.9 Å². The van der Waals surface area contributed by atoms with E-state index in [4.69, 9.17) is 5.73 Å². The summed E-state index contributed by atoms with van der Waals surface area (Å²) < 4.78 is 4.40. The second kappa shape index (κ2) is 5.64. The van der Waals surface area contributed by atoms with Crippen molar-refractivity contribution < 1.29 is 0 Å². The second-order valence-electron chi connectivity index (χ2n) is 6.20. The Morgan fingerprint density at radius 3 is 2.86 bits per heavy atom. The van der Waals surface area contributed by atoms with Crippen LogP contribution in [0.2, 0.25) is 0 Å². The Morgan fingerprint density at radius 1 is 1.33 bits per heavy atom. The number of aromatic nitrogens is 2. The highest BCUT2D eigenvalue weighted by Crippen LogP contribution is 2.42. The van der Waals surface area contributed by atoms with Gasteiger partial charge in [0.15, 0.2) is 0 Å². The van der Waals surface area contributed by atoms with E-state index in [-0.39, 0.29) is 0 Å². The lowest BCUT2D eigenvalue weighted by molar-refractivity contribution is 0.298. The summed E-state index contributed by atoms with van der Waals surface area (Å²) in [6.07, 6.45) is 4.94. The van der Waals surface area contributed by atoms with E-state index in [0.29, 0.717) is 23.7 Å². The smallest absolute Gasteiger partial charge is 0.147 e. The summed E-state index contributed by atoms with van der Waals surface area (Å²) >= 11 is 1.51. The summed E-state index contributed by atoms with van der Waals surface area (Å²) in [5.41, 5.74) is 8.24. The van der Waals surface area contributed by atoms with Gasteiger partial charge >= 0.3 is 0 Å². The monoisotopic (exact) mass is 302 g/mol. The third-order valence-electron chi connectivity index (χ3n) is 4.51. The number of piperidine rings is 1. The lowest BCUT2D eigenvalue weighted by Crippen LogP contribution is -2.45. The first-order chi connectivity index (χ1) is 10.1. The van der Waals surface area contributed by atoms with Crippen molar-refractivity contribution >= 4 is 22.4 Å². The summed E-state index contributed by atoms with van der Waals surface area (Å²) in [5, 5.41) is 1.19. The highest BCUT2D eigenvalue weighted by atomic mass is 32.1. The van der Waals surface area contributed by atoms with Crippen LogP contribution in [0.5, 0.6) is 0 Å². The van der Waals surface area contributed by atoms with Crippen molar-refractivity contribution in [1.82, 2.24) is 9.36 Å². The van der Waals surface area contributed by atoms with Crippen LogP contribution in [0.25, 0.3) is 11.1 Å². The number of pyridine rings is 1. The van der Waals surface area contributed by atoms with Crippen LogP contribution in [0.4, 0.5) is 10.8 Å². The molecule has 1 fully saturated rings. The lowest BCUT2D eigenvalue weighted by atomic mass is 9.86. The largest absolute Gasteiger partial charge is 0.382 e. The topological polar surface area (TPSA) is 55.0 Å². The predicted molar refractivity (Wildman–Crippen MR) is 89.5 cm³/mol. The van der Waals surface area contributed by atoms with Crippen molar-refractivity contribution in [2.75, 3.05) is 17.2 Å².